The third-order valence-electron chi connectivity index (χ3n) is 9.69. The summed E-state index contributed by atoms with van der Waals surface area (Å²) in [5, 5.41) is 6.53. The summed E-state index contributed by atoms with van der Waals surface area (Å²) in [6, 6.07) is 13.7. The summed E-state index contributed by atoms with van der Waals surface area (Å²) in [6.45, 7) is 11.6. The Morgan fingerprint density at radius 2 is 1.71 bits per heavy atom. The van der Waals surface area contributed by atoms with Gasteiger partial charge in [-0.2, -0.15) is 0 Å². The van der Waals surface area contributed by atoms with Crippen LogP contribution in [-0.2, 0) is 25.3 Å². The quantitative estimate of drug-likeness (QED) is 0.219. The van der Waals surface area contributed by atoms with Crippen LogP contribution in [-0.4, -0.2) is 57.1 Å². The molecule has 0 saturated carbocycles. The smallest absolute Gasteiger partial charge is 0.330 e. The second kappa shape index (κ2) is 16.3. The minimum absolute atomic E-state index is 0.0434. The lowest BCUT2D eigenvalue weighted by Crippen LogP contribution is -2.40. The topological polar surface area (TPSA) is 128 Å². The van der Waals surface area contributed by atoms with E-state index in [1.807, 2.05) is 51.1 Å². The number of likely N-dealkylation sites (tertiary alicyclic amines) is 1. The molecule has 2 amide bonds. The third kappa shape index (κ3) is 7.71. The van der Waals surface area contributed by atoms with Crippen LogP contribution in [0.3, 0.4) is 0 Å². The van der Waals surface area contributed by atoms with Crippen LogP contribution in [0.15, 0.2) is 58.3 Å². The summed E-state index contributed by atoms with van der Waals surface area (Å²) in [4.78, 5) is 57.7. The fraction of sp³-hybridized carbons (Fsp3) is 0.425. The van der Waals surface area contributed by atoms with Gasteiger partial charge in [-0.3, -0.25) is 23.9 Å². The lowest BCUT2D eigenvalue weighted by atomic mass is 9.96. The number of ether oxygens (including phenoxy) is 1. The standard InChI is InChI=1S/C37H41ClN6O5.C3H8/c1-20(2)33(45)39-23-15-16-44(18-23)30-14-13-22-17-29(41-35(49-6)31(22)30)26-11-7-10-25(32(26)38)24-9-8-12-28(21(24)3)40-34(46)27-19-42(4)37(48)43(5)36(27)47;1-3-2/h7-12,17,19-20,23,30H,13-16,18H2,1-6H3,(H,39,45)(H,40,46);3H2,1-2H3. The van der Waals surface area contributed by atoms with Crippen molar-refractivity contribution in [2.45, 2.75) is 72.4 Å². The summed E-state index contributed by atoms with van der Waals surface area (Å²) < 4.78 is 8.00. The highest BCUT2D eigenvalue weighted by molar-refractivity contribution is 6.36. The largest absolute Gasteiger partial charge is 0.481 e. The van der Waals surface area contributed by atoms with Gasteiger partial charge in [0.2, 0.25) is 11.8 Å². The molecule has 6 rings (SSSR count). The molecule has 0 radical (unpaired) electrons. The number of amides is 2. The Morgan fingerprint density at radius 3 is 2.40 bits per heavy atom. The Balaban J connectivity index is 0.00000168. The second-order valence-electron chi connectivity index (χ2n) is 13.9. The number of hydrogen-bond donors (Lipinski definition) is 2. The molecule has 11 nitrogen and oxygen atoms in total. The van der Waals surface area contributed by atoms with E-state index in [1.54, 1.807) is 13.2 Å². The molecule has 0 spiro atoms. The van der Waals surface area contributed by atoms with E-state index >= 15 is 0 Å². The van der Waals surface area contributed by atoms with Gasteiger partial charge in [0.15, 0.2) is 0 Å². The van der Waals surface area contributed by atoms with Gasteiger partial charge in [-0.1, -0.05) is 76.0 Å². The van der Waals surface area contributed by atoms with Crippen LogP contribution in [0.4, 0.5) is 5.69 Å². The Morgan fingerprint density at radius 1 is 1.04 bits per heavy atom. The Hall–Kier alpha value is -4.74. The molecule has 12 heteroatoms. The molecule has 1 fully saturated rings. The lowest BCUT2D eigenvalue weighted by molar-refractivity contribution is -0.124. The van der Waals surface area contributed by atoms with E-state index in [9.17, 15) is 19.2 Å². The zero-order chi connectivity index (χ0) is 37.9. The first-order valence-corrected chi connectivity index (χ1v) is 18.3. The number of rotatable bonds is 8. The van der Waals surface area contributed by atoms with Gasteiger partial charge >= 0.3 is 5.69 Å². The van der Waals surface area contributed by atoms with Crippen LogP contribution in [0, 0.1) is 12.8 Å². The van der Waals surface area contributed by atoms with Crippen molar-refractivity contribution in [2.75, 3.05) is 25.5 Å². The highest BCUT2D eigenvalue weighted by Crippen LogP contribution is 2.45. The van der Waals surface area contributed by atoms with Crippen molar-refractivity contribution in [3.05, 3.63) is 96.8 Å². The van der Waals surface area contributed by atoms with Crippen LogP contribution < -0.4 is 26.6 Å². The molecule has 1 saturated heterocycles. The first-order chi connectivity index (χ1) is 24.8. The molecule has 2 N–H and O–H groups in total. The van der Waals surface area contributed by atoms with E-state index < -0.39 is 17.2 Å². The van der Waals surface area contributed by atoms with Crippen molar-refractivity contribution in [3.8, 4) is 28.3 Å². The number of hydrogen-bond acceptors (Lipinski definition) is 7. The summed E-state index contributed by atoms with van der Waals surface area (Å²) in [6.07, 6.45) is 5.23. The van der Waals surface area contributed by atoms with Crippen LogP contribution in [0.1, 0.15) is 80.0 Å². The maximum Gasteiger partial charge on any atom is 0.330 e. The van der Waals surface area contributed by atoms with Crippen molar-refractivity contribution >= 4 is 29.1 Å². The van der Waals surface area contributed by atoms with E-state index in [1.165, 1.54) is 36.8 Å². The molecule has 52 heavy (non-hydrogen) atoms. The summed E-state index contributed by atoms with van der Waals surface area (Å²) in [7, 11) is 4.47. The zero-order valence-electron chi connectivity index (χ0n) is 31.3. The predicted molar refractivity (Wildman–Crippen MR) is 206 cm³/mol. The molecular weight excluding hydrogens is 680 g/mol. The summed E-state index contributed by atoms with van der Waals surface area (Å²) in [5.41, 5.74) is 5.24. The fourth-order valence-electron chi connectivity index (χ4n) is 6.95. The Bertz CT molecular complexity index is 2110. The molecule has 1 aliphatic carbocycles. The first-order valence-electron chi connectivity index (χ1n) is 17.9. The molecule has 2 atom stereocenters. The number of fused-ring (bicyclic) bond motifs is 1. The molecule has 2 aliphatic rings. The predicted octanol–water partition coefficient (Wildman–Crippen LogP) is 6.29. The lowest BCUT2D eigenvalue weighted by Gasteiger charge is -2.26. The third-order valence-corrected chi connectivity index (χ3v) is 10.1. The van der Waals surface area contributed by atoms with E-state index in [2.05, 4.69) is 35.4 Å². The van der Waals surface area contributed by atoms with Crippen molar-refractivity contribution in [3.63, 3.8) is 0 Å². The fourth-order valence-corrected chi connectivity index (χ4v) is 7.28. The number of pyridine rings is 1. The van der Waals surface area contributed by atoms with E-state index in [0.717, 1.165) is 64.7 Å². The van der Waals surface area contributed by atoms with Gasteiger partial charge in [0, 0.05) is 73.8 Å². The molecule has 1 aliphatic heterocycles. The van der Waals surface area contributed by atoms with Crippen molar-refractivity contribution in [1.29, 1.82) is 0 Å². The Labute approximate surface area is 310 Å². The van der Waals surface area contributed by atoms with Gasteiger partial charge in [0.05, 0.1) is 17.8 Å². The number of nitrogens with one attached hydrogen (secondary N) is 2. The van der Waals surface area contributed by atoms with Crippen molar-refractivity contribution in [1.82, 2.24) is 24.3 Å². The van der Waals surface area contributed by atoms with Crippen LogP contribution >= 0.6 is 11.6 Å². The SMILES string of the molecule is CCC.COc1nc(-c2cccc(-c3cccc(NC(=O)c4cn(C)c(=O)n(C)c4=O)c3C)c2Cl)cc2c1C(N1CCC(NC(=O)C(C)C)C1)CC2. The highest BCUT2D eigenvalue weighted by Gasteiger charge is 2.37. The first kappa shape index (κ1) is 38.5. The minimum atomic E-state index is -0.673. The number of anilines is 1. The molecule has 2 aromatic heterocycles. The second-order valence-corrected chi connectivity index (χ2v) is 14.3. The zero-order valence-corrected chi connectivity index (χ0v) is 32.1. The number of methoxy groups -OCH3 is 1. The van der Waals surface area contributed by atoms with Gasteiger partial charge < -0.3 is 19.9 Å². The summed E-state index contributed by atoms with van der Waals surface area (Å²) >= 11 is 7.15. The number of carbonyl (C=O) groups is 2. The van der Waals surface area contributed by atoms with E-state index in [0.29, 0.717) is 22.3 Å². The van der Waals surface area contributed by atoms with Crippen molar-refractivity contribution in [2.24, 2.45) is 20.0 Å². The number of benzene rings is 2. The monoisotopic (exact) mass is 728 g/mol. The van der Waals surface area contributed by atoms with Crippen LogP contribution in [0.25, 0.3) is 22.4 Å². The van der Waals surface area contributed by atoms with Crippen molar-refractivity contribution < 1.29 is 14.3 Å². The molecular formula is C40H49ClN6O5. The number of aryl methyl sites for hydroxylation is 2. The van der Waals surface area contributed by atoms with Gasteiger partial charge in [-0.25, -0.2) is 9.78 Å². The average Bonchev–Trinajstić information content (AvgIpc) is 3.77. The van der Waals surface area contributed by atoms with Gasteiger partial charge in [-0.05, 0) is 55.0 Å². The molecule has 0 bridgehead atoms. The minimum Gasteiger partial charge on any atom is -0.481 e. The van der Waals surface area contributed by atoms with E-state index in [4.69, 9.17) is 21.3 Å². The molecule has 2 aromatic carbocycles. The van der Waals surface area contributed by atoms with Gasteiger partial charge in [-0.15, -0.1) is 0 Å². The average molecular weight is 729 g/mol. The molecule has 276 valence electrons. The Kier molecular flexibility index (Phi) is 12.1. The molecule has 2 unspecified atom stereocenters. The van der Waals surface area contributed by atoms with Crippen LogP contribution in [0.2, 0.25) is 5.02 Å². The maximum atomic E-state index is 13.2. The molecule has 3 heterocycles. The van der Waals surface area contributed by atoms with E-state index in [-0.39, 0.29) is 29.5 Å². The number of carbonyl (C=O) groups excluding carboxylic acids is 2. The van der Waals surface area contributed by atoms with Crippen LogP contribution in [0.5, 0.6) is 5.88 Å². The number of aromatic nitrogens is 3. The highest BCUT2D eigenvalue weighted by atomic mass is 35.5. The number of halogens is 1. The summed E-state index contributed by atoms with van der Waals surface area (Å²) in [5.74, 6) is 0.00489. The van der Waals surface area contributed by atoms with Gasteiger partial charge in [0.25, 0.3) is 11.5 Å². The molecule has 4 aromatic rings. The number of nitrogens with zero attached hydrogens (tertiary/aromatic N) is 4. The van der Waals surface area contributed by atoms with Gasteiger partial charge in [0.1, 0.15) is 5.56 Å². The normalized spacial score (nSPS) is 16.7. The maximum absolute atomic E-state index is 13.2.